The lowest BCUT2D eigenvalue weighted by Crippen LogP contribution is -2.30. The Hall–Kier alpha value is -2.08. The van der Waals surface area contributed by atoms with Gasteiger partial charge in [0.15, 0.2) is 15.6 Å². The maximum atomic E-state index is 12.4. The van der Waals surface area contributed by atoms with E-state index in [0.29, 0.717) is 13.1 Å². The summed E-state index contributed by atoms with van der Waals surface area (Å²) in [6, 6.07) is 12.7. The molecule has 0 aliphatic rings. The Labute approximate surface area is 130 Å². The fraction of sp³-hybridized carbons (Fsp3) is 0.312. The fourth-order valence-corrected chi connectivity index (χ4v) is 2.79. The van der Waals surface area contributed by atoms with Crippen molar-refractivity contribution in [2.45, 2.75) is 19.2 Å². The van der Waals surface area contributed by atoms with Crippen LogP contribution in [0.1, 0.15) is 28.8 Å². The number of carbonyl (C=O) groups is 1. The number of sulfone groups is 1. The zero-order valence-corrected chi connectivity index (χ0v) is 13.5. The molecule has 6 heteroatoms. The Morgan fingerprint density at radius 1 is 1.14 bits per heavy atom. The summed E-state index contributed by atoms with van der Waals surface area (Å²) < 4.78 is 27.9. The zero-order valence-electron chi connectivity index (χ0n) is 12.7. The number of hydrogen-bond acceptors (Lipinski definition) is 4. The molecule has 2 aromatic rings. The highest BCUT2D eigenvalue weighted by Crippen LogP contribution is 2.15. The Morgan fingerprint density at radius 3 is 2.41 bits per heavy atom. The van der Waals surface area contributed by atoms with Crippen LogP contribution in [0.25, 0.3) is 0 Å². The van der Waals surface area contributed by atoms with Crippen molar-refractivity contribution in [2.24, 2.45) is 0 Å². The van der Waals surface area contributed by atoms with Gasteiger partial charge in [-0.1, -0.05) is 30.3 Å². The molecule has 0 saturated heterocycles. The monoisotopic (exact) mass is 321 g/mol. The third-order valence-electron chi connectivity index (χ3n) is 3.16. The van der Waals surface area contributed by atoms with Crippen molar-refractivity contribution in [1.82, 2.24) is 4.90 Å². The molecule has 118 valence electrons. The van der Waals surface area contributed by atoms with Crippen molar-refractivity contribution in [3.63, 3.8) is 0 Å². The van der Waals surface area contributed by atoms with E-state index >= 15 is 0 Å². The first-order valence-corrected chi connectivity index (χ1v) is 9.04. The second kappa shape index (κ2) is 6.79. The molecule has 0 aliphatic heterocycles. The van der Waals surface area contributed by atoms with E-state index in [1.54, 1.807) is 4.90 Å². The third-order valence-corrected chi connectivity index (χ3v) is 3.97. The summed E-state index contributed by atoms with van der Waals surface area (Å²) >= 11 is 0. The van der Waals surface area contributed by atoms with E-state index in [9.17, 15) is 13.2 Å². The molecule has 0 spiro atoms. The lowest BCUT2D eigenvalue weighted by molar-refractivity contribution is 0.0719. The lowest BCUT2D eigenvalue weighted by atomic mass is 10.2. The average molecular weight is 321 g/mol. The minimum absolute atomic E-state index is 0.163. The molecule has 1 aromatic carbocycles. The predicted octanol–water partition coefficient (Wildman–Crippen LogP) is 2.49. The van der Waals surface area contributed by atoms with Crippen LogP contribution in [-0.2, 0) is 22.1 Å². The largest absolute Gasteiger partial charge is 0.455 e. The van der Waals surface area contributed by atoms with Crippen LogP contribution in [0.3, 0.4) is 0 Å². The van der Waals surface area contributed by atoms with E-state index in [4.69, 9.17) is 4.42 Å². The molecule has 22 heavy (non-hydrogen) atoms. The van der Waals surface area contributed by atoms with Gasteiger partial charge in [-0.3, -0.25) is 4.79 Å². The second-order valence-electron chi connectivity index (χ2n) is 5.14. The van der Waals surface area contributed by atoms with E-state index < -0.39 is 9.84 Å². The van der Waals surface area contributed by atoms with Gasteiger partial charge in [0.05, 0.1) is 0 Å². The van der Waals surface area contributed by atoms with Crippen molar-refractivity contribution in [2.75, 3.05) is 12.8 Å². The van der Waals surface area contributed by atoms with E-state index in [0.717, 1.165) is 11.8 Å². The highest BCUT2D eigenvalue weighted by Gasteiger charge is 2.19. The van der Waals surface area contributed by atoms with Gasteiger partial charge in [0.2, 0.25) is 0 Å². The number of amides is 1. The van der Waals surface area contributed by atoms with Gasteiger partial charge in [0, 0.05) is 19.3 Å². The molecule has 0 fully saturated rings. The minimum atomic E-state index is -3.18. The highest BCUT2D eigenvalue weighted by atomic mass is 32.2. The molecule has 0 atom stereocenters. The first kappa shape index (κ1) is 16.3. The van der Waals surface area contributed by atoms with Gasteiger partial charge >= 0.3 is 0 Å². The van der Waals surface area contributed by atoms with Crippen LogP contribution in [0.5, 0.6) is 0 Å². The molecule has 0 unspecified atom stereocenters. The number of carbonyl (C=O) groups excluding carboxylic acids is 1. The van der Waals surface area contributed by atoms with Gasteiger partial charge in [-0.2, -0.15) is 0 Å². The molecule has 5 nitrogen and oxygen atoms in total. The first-order chi connectivity index (χ1) is 10.4. The summed E-state index contributed by atoms with van der Waals surface area (Å²) in [5, 5.41) is 0. The van der Waals surface area contributed by atoms with Crippen LogP contribution in [0.2, 0.25) is 0 Å². The molecule has 0 N–H and O–H groups in total. The van der Waals surface area contributed by atoms with E-state index in [-0.39, 0.29) is 23.2 Å². The smallest absolute Gasteiger partial charge is 0.289 e. The predicted molar refractivity (Wildman–Crippen MR) is 84.1 cm³/mol. The maximum absolute atomic E-state index is 12.4. The molecule has 1 amide bonds. The van der Waals surface area contributed by atoms with Crippen molar-refractivity contribution >= 4 is 15.7 Å². The Kier molecular flexibility index (Phi) is 5.03. The van der Waals surface area contributed by atoms with Crippen LogP contribution in [0.4, 0.5) is 0 Å². The number of hydrogen-bond donors (Lipinski definition) is 0. The zero-order chi connectivity index (χ0) is 16.2. The molecule has 1 heterocycles. The Bertz CT molecular complexity index is 735. The number of furan rings is 1. The van der Waals surface area contributed by atoms with Gasteiger partial charge in [-0.25, -0.2) is 8.42 Å². The molecule has 2 rings (SSSR count). The minimum Gasteiger partial charge on any atom is -0.455 e. The maximum Gasteiger partial charge on any atom is 0.289 e. The molecule has 0 saturated carbocycles. The van der Waals surface area contributed by atoms with Crippen LogP contribution < -0.4 is 0 Å². The molecule has 0 aliphatic carbocycles. The summed E-state index contributed by atoms with van der Waals surface area (Å²) in [5.41, 5.74) is 1.03. The van der Waals surface area contributed by atoms with Gasteiger partial charge in [0.25, 0.3) is 5.91 Å². The standard InChI is InChI=1S/C16H19NO4S/c1-3-17(11-13-7-5-4-6-8-13)16(18)15-10-9-14(21-15)12-22(2,19)20/h4-10H,3,11-12H2,1-2H3. The van der Waals surface area contributed by atoms with Crippen molar-refractivity contribution < 1.29 is 17.6 Å². The number of rotatable bonds is 6. The topological polar surface area (TPSA) is 67.6 Å². The number of benzene rings is 1. The van der Waals surface area contributed by atoms with E-state index in [2.05, 4.69) is 0 Å². The summed E-state index contributed by atoms with van der Waals surface area (Å²) in [7, 11) is -3.18. The molecule has 1 aromatic heterocycles. The van der Waals surface area contributed by atoms with Crippen LogP contribution in [-0.4, -0.2) is 32.0 Å². The van der Waals surface area contributed by atoms with Crippen molar-refractivity contribution in [3.05, 3.63) is 59.5 Å². The summed E-state index contributed by atoms with van der Waals surface area (Å²) in [5.74, 6) is -0.00500. The molecular weight excluding hydrogens is 302 g/mol. The van der Waals surface area contributed by atoms with E-state index in [1.807, 2.05) is 37.3 Å². The van der Waals surface area contributed by atoms with Crippen LogP contribution >= 0.6 is 0 Å². The van der Waals surface area contributed by atoms with Gasteiger partial charge in [-0.05, 0) is 24.6 Å². The lowest BCUT2D eigenvalue weighted by Gasteiger charge is -2.19. The van der Waals surface area contributed by atoms with Crippen LogP contribution in [0, 0.1) is 0 Å². The Balaban J connectivity index is 2.12. The summed E-state index contributed by atoms with van der Waals surface area (Å²) in [6.07, 6.45) is 1.13. The molecule has 0 radical (unpaired) electrons. The Morgan fingerprint density at radius 2 is 1.82 bits per heavy atom. The summed E-state index contributed by atoms with van der Waals surface area (Å²) in [6.45, 7) is 2.91. The van der Waals surface area contributed by atoms with Crippen LogP contribution in [0.15, 0.2) is 46.9 Å². The molecule has 0 bridgehead atoms. The van der Waals surface area contributed by atoms with Gasteiger partial charge in [-0.15, -0.1) is 0 Å². The average Bonchev–Trinajstić information content (AvgIpc) is 2.91. The second-order valence-corrected chi connectivity index (χ2v) is 7.28. The quantitative estimate of drug-likeness (QED) is 0.820. The summed E-state index contributed by atoms with van der Waals surface area (Å²) in [4.78, 5) is 14.1. The SMILES string of the molecule is CCN(Cc1ccccc1)C(=O)c1ccc(CS(C)(=O)=O)o1. The van der Waals surface area contributed by atoms with Gasteiger partial charge < -0.3 is 9.32 Å². The first-order valence-electron chi connectivity index (χ1n) is 6.98. The normalized spacial score (nSPS) is 11.4. The third kappa shape index (κ3) is 4.46. The van der Waals surface area contributed by atoms with Gasteiger partial charge in [0.1, 0.15) is 11.5 Å². The highest BCUT2D eigenvalue weighted by molar-refractivity contribution is 7.89. The number of nitrogens with zero attached hydrogens (tertiary/aromatic N) is 1. The fourth-order valence-electron chi connectivity index (χ4n) is 2.12. The van der Waals surface area contributed by atoms with Crippen molar-refractivity contribution in [1.29, 1.82) is 0 Å². The van der Waals surface area contributed by atoms with Crippen molar-refractivity contribution in [3.8, 4) is 0 Å². The molecular formula is C16H19NO4S. The van der Waals surface area contributed by atoms with E-state index in [1.165, 1.54) is 12.1 Å².